The zero-order valence-electron chi connectivity index (χ0n) is 13.2. The molecule has 0 bridgehead atoms. The lowest BCUT2D eigenvalue weighted by Crippen LogP contribution is -2.22. The molecular formula is C18H16FIN2O2S. The SMILES string of the molecule is O=C(NCc1ccc(F)cc1)c1ccc2ccn(CCOSI)c2c1. The molecule has 1 amide bonds. The van der Waals surface area contributed by atoms with E-state index in [1.807, 2.05) is 30.5 Å². The van der Waals surface area contributed by atoms with Gasteiger partial charge < -0.3 is 14.1 Å². The molecule has 0 fully saturated rings. The molecule has 0 aliphatic heterocycles. The van der Waals surface area contributed by atoms with Crippen LogP contribution in [-0.2, 0) is 17.3 Å². The van der Waals surface area contributed by atoms with Crippen LogP contribution in [0.2, 0.25) is 0 Å². The van der Waals surface area contributed by atoms with E-state index in [4.69, 9.17) is 4.18 Å². The number of amides is 1. The van der Waals surface area contributed by atoms with Gasteiger partial charge in [0.05, 0.1) is 15.8 Å². The van der Waals surface area contributed by atoms with Crippen molar-refractivity contribution in [2.45, 2.75) is 13.1 Å². The largest absolute Gasteiger partial charge is 0.348 e. The van der Waals surface area contributed by atoms with Crippen molar-refractivity contribution in [3.63, 3.8) is 0 Å². The fraction of sp³-hybridized carbons (Fsp3) is 0.167. The lowest BCUT2D eigenvalue weighted by atomic mass is 10.1. The van der Waals surface area contributed by atoms with Gasteiger partial charge in [-0.3, -0.25) is 4.79 Å². The van der Waals surface area contributed by atoms with E-state index >= 15 is 0 Å². The van der Waals surface area contributed by atoms with Crippen LogP contribution >= 0.6 is 30.4 Å². The van der Waals surface area contributed by atoms with Crippen LogP contribution < -0.4 is 5.32 Å². The first kappa shape index (κ1) is 18.2. The van der Waals surface area contributed by atoms with E-state index in [1.54, 1.807) is 12.1 Å². The topological polar surface area (TPSA) is 43.3 Å². The zero-order valence-corrected chi connectivity index (χ0v) is 16.2. The Morgan fingerprint density at radius 3 is 2.76 bits per heavy atom. The van der Waals surface area contributed by atoms with E-state index in [9.17, 15) is 9.18 Å². The molecule has 0 atom stereocenters. The summed E-state index contributed by atoms with van der Waals surface area (Å²) in [6.07, 6.45) is 1.99. The van der Waals surface area contributed by atoms with E-state index in [2.05, 4.69) is 31.1 Å². The van der Waals surface area contributed by atoms with Gasteiger partial charge in [-0.15, -0.1) is 0 Å². The Bertz CT molecular complexity index is 867. The van der Waals surface area contributed by atoms with Crippen LogP contribution in [0.1, 0.15) is 15.9 Å². The molecule has 0 saturated carbocycles. The minimum Gasteiger partial charge on any atom is -0.348 e. The predicted octanol–water partition coefficient (Wildman–Crippen LogP) is 4.73. The van der Waals surface area contributed by atoms with Crippen molar-refractivity contribution in [3.8, 4) is 0 Å². The first-order chi connectivity index (χ1) is 12.2. The first-order valence-corrected chi connectivity index (χ1v) is 11.0. The average molecular weight is 470 g/mol. The number of fused-ring (bicyclic) bond motifs is 1. The maximum absolute atomic E-state index is 12.9. The summed E-state index contributed by atoms with van der Waals surface area (Å²) >= 11 is 2.09. The quantitative estimate of drug-likeness (QED) is 0.309. The standard InChI is InChI=1S/C18H16FIN2O2S/c19-16-5-1-13(2-6-16)12-21-18(23)15-4-3-14-7-8-22(17(14)11-15)9-10-24-25-20/h1-8,11H,9-10,12H2,(H,21,23). The second kappa shape index (κ2) is 8.68. The molecular weight excluding hydrogens is 454 g/mol. The normalized spacial score (nSPS) is 11.0. The summed E-state index contributed by atoms with van der Waals surface area (Å²) in [6, 6.07) is 13.7. The second-order valence-corrected chi connectivity index (χ2v) is 6.92. The van der Waals surface area contributed by atoms with Gasteiger partial charge >= 0.3 is 0 Å². The van der Waals surface area contributed by atoms with Gasteiger partial charge in [0.15, 0.2) is 0 Å². The van der Waals surface area contributed by atoms with E-state index in [-0.39, 0.29) is 11.7 Å². The van der Waals surface area contributed by atoms with Crippen molar-refractivity contribution < 1.29 is 13.4 Å². The molecule has 3 aromatic rings. The maximum Gasteiger partial charge on any atom is 0.251 e. The maximum atomic E-state index is 12.9. The van der Waals surface area contributed by atoms with Crippen molar-refractivity contribution in [2.24, 2.45) is 0 Å². The van der Waals surface area contributed by atoms with Gasteiger partial charge in [0, 0.05) is 51.6 Å². The van der Waals surface area contributed by atoms with Gasteiger partial charge in [0.2, 0.25) is 0 Å². The zero-order chi connectivity index (χ0) is 17.6. The Morgan fingerprint density at radius 2 is 2.00 bits per heavy atom. The molecule has 1 heterocycles. The van der Waals surface area contributed by atoms with Gasteiger partial charge in [-0.05, 0) is 41.3 Å². The van der Waals surface area contributed by atoms with Crippen LogP contribution in [-0.4, -0.2) is 17.1 Å². The highest BCUT2D eigenvalue weighted by molar-refractivity contribution is 14.2. The molecule has 0 saturated heterocycles. The third-order valence-corrected chi connectivity index (χ3v) is 4.88. The number of aromatic nitrogens is 1. The summed E-state index contributed by atoms with van der Waals surface area (Å²) in [6.45, 7) is 1.68. The number of benzene rings is 2. The molecule has 7 heteroatoms. The first-order valence-electron chi connectivity index (χ1n) is 7.69. The molecule has 0 unspecified atom stereocenters. The number of nitrogens with zero attached hydrogens (tertiary/aromatic N) is 1. The van der Waals surface area contributed by atoms with Gasteiger partial charge in [0.25, 0.3) is 5.91 Å². The summed E-state index contributed by atoms with van der Waals surface area (Å²) in [5, 5.41) is 3.94. The lowest BCUT2D eigenvalue weighted by Gasteiger charge is -2.08. The number of carbonyl (C=O) groups excluding carboxylic acids is 1. The Balaban J connectivity index is 1.70. The van der Waals surface area contributed by atoms with Crippen LogP contribution in [0.25, 0.3) is 10.9 Å². The molecule has 25 heavy (non-hydrogen) atoms. The predicted molar refractivity (Wildman–Crippen MR) is 107 cm³/mol. The van der Waals surface area contributed by atoms with Crippen molar-refractivity contribution in [3.05, 3.63) is 71.7 Å². The van der Waals surface area contributed by atoms with Crippen LogP contribution in [0.5, 0.6) is 0 Å². The smallest absolute Gasteiger partial charge is 0.251 e. The van der Waals surface area contributed by atoms with Gasteiger partial charge in [-0.25, -0.2) is 4.39 Å². The van der Waals surface area contributed by atoms with Crippen LogP contribution in [0, 0.1) is 5.82 Å². The number of hydrogen-bond acceptors (Lipinski definition) is 3. The van der Waals surface area contributed by atoms with Crippen LogP contribution in [0.4, 0.5) is 4.39 Å². The summed E-state index contributed by atoms with van der Waals surface area (Å²) in [7, 11) is 1.31. The summed E-state index contributed by atoms with van der Waals surface area (Å²) < 4.78 is 20.3. The summed E-state index contributed by atoms with van der Waals surface area (Å²) in [5.74, 6) is -0.440. The van der Waals surface area contributed by atoms with Crippen molar-refractivity contribution in [1.29, 1.82) is 0 Å². The molecule has 0 spiro atoms. The van der Waals surface area contributed by atoms with Crippen molar-refractivity contribution in [2.75, 3.05) is 6.61 Å². The molecule has 2 aromatic carbocycles. The molecule has 0 aliphatic rings. The Hall–Kier alpha value is -1.58. The molecule has 3 rings (SSSR count). The van der Waals surface area contributed by atoms with E-state index in [0.717, 1.165) is 23.0 Å². The average Bonchev–Trinajstić information content (AvgIpc) is 3.03. The van der Waals surface area contributed by atoms with Crippen molar-refractivity contribution >= 4 is 47.2 Å². The Labute approximate surface area is 161 Å². The minimum atomic E-state index is -0.286. The second-order valence-electron chi connectivity index (χ2n) is 5.48. The number of carbonyl (C=O) groups is 1. The summed E-state index contributed by atoms with van der Waals surface area (Å²) in [4.78, 5) is 12.4. The molecule has 1 N–H and O–H groups in total. The van der Waals surface area contributed by atoms with E-state index < -0.39 is 0 Å². The fourth-order valence-electron chi connectivity index (χ4n) is 2.57. The van der Waals surface area contributed by atoms with E-state index in [1.165, 1.54) is 21.3 Å². The number of nitrogens with one attached hydrogen (secondary N) is 1. The fourth-order valence-corrected chi connectivity index (χ4v) is 3.25. The third-order valence-electron chi connectivity index (χ3n) is 3.86. The Morgan fingerprint density at radius 1 is 1.20 bits per heavy atom. The van der Waals surface area contributed by atoms with E-state index in [0.29, 0.717) is 18.7 Å². The lowest BCUT2D eigenvalue weighted by molar-refractivity contribution is 0.0951. The molecule has 0 aliphatic carbocycles. The molecule has 1 aromatic heterocycles. The highest BCUT2D eigenvalue weighted by Gasteiger charge is 2.09. The Kier molecular flexibility index (Phi) is 6.33. The summed E-state index contributed by atoms with van der Waals surface area (Å²) in [5.41, 5.74) is 2.45. The third kappa shape index (κ3) is 4.74. The molecule has 4 nitrogen and oxygen atoms in total. The number of hydrogen-bond donors (Lipinski definition) is 1. The van der Waals surface area contributed by atoms with Crippen LogP contribution in [0.15, 0.2) is 54.7 Å². The van der Waals surface area contributed by atoms with Gasteiger partial charge in [-0.1, -0.05) is 18.2 Å². The minimum absolute atomic E-state index is 0.155. The van der Waals surface area contributed by atoms with Crippen LogP contribution in [0.3, 0.4) is 0 Å². The number of rotatable bonds is 7. The van der Waals surface area contributed by atoms with Crippen molar-refractivity contribution in [1.82, 2.24) is 9.88 Å². The van der Waals surface area contributed by atoms with Gasteiger partial charge in [0.1, 0.15) is 5.82 Å². The van der Waals surface area contributed by atoms with Gasteiger partial charge in [-0.2, -0.15) is 0 Å². The highest BCUT2D eigenvalue weighted by atomic mass is 127. The highest BCUT2D eigenvalue weighted by Crippen LogP contribution is 2.19. The molecule has 0 radical (unpaired) electrons. The monoisotopic (exact) mass is 470 g/mol. The molecule has 130 valence electrons. The number of halogens is 2.